The Morgan fingerprint density at radius 3 is 2.23 bits per heavy atom. The SMILES string of the molecule is CCCC(COS(=O)(=O)O)C(C)C. The van der Waals surface area contributed by atoms with Crippen LogP contribution in [0.1, 0.15) is 33.6 Å². The smallest absolute Gasteiger partial charge is 0.264 e. The monoisotopic (exact) mass is 210 g/mol. The molecule has 0 saturated carbocycles. The van der Waals surface area contributed by atoms with Crippen LogP contribution in [0.5, 0.6) is 0 Å². The van der Waals surface area contributed by atoms with E-state index in [1.807, 2.05) is 20.8 Å². The lowest BCUT2D eigenvalue weighted by molar-refractivity contribution is 0.184. The summed E-state index contributed by atoms with van der Waals surface area (Å²) in [6.45, 7) is 6.12. The number of rotatable bonds is 6. The molecule has 0 aliphatic heterocycles. The van der Waals surface area contributed by atoms with Crippen molar-refractivity contribution in [3.63, 3.8) is 0 Å². The van der Waals surface area contributed by atoms with E-state index in [0.29, 0.717) is 5.92 Å². The summed E-state index contributed by atoms with van der Waals surface area (Å²) in [6, 6.07) is 0. The fourth-order valence-electron chi connectivity index (χ4n) is 1.15. The Morgan fingerprint density at radius 1 is 1.38 bits per heavy atom. The Labute approximate surface area is 80.2 Å². The minimum absolute atomic E-state index is 0.0737. The van der Waals surface area contributed by atoms with Crippen LogP contribution < -0.4 is 0 Å². The highest BCUT2D eigenvalue weighted by atomic mass is 32.3. The lowest BCUT2D eigenvalue weighted by Crippen LogP contribution is -2.18. The maximum absolute atomic E-state index is 10.3. The molecule has 80 valence electrons. The van der Waals surface area contributed by atoms with Gasteiger partial charge < -0.3 is 0 Å². The quantitative estimate of drug-likeness (QED) is 0.680. The van der Waals surface area contributed by atoms with Gasteiger partial charge in [-0.2, -0.15) is 8.42 Å². The first-order chi connectivity index (χ1) is 5.87. The molecule has 13 heavy (non-hydrogen) atoms. The van der Waals surface area contributed by atoms with Crippen LogP contribution in [0.25, 0.3) is 0 Å². The summed E-state index contributed by atoms with van der Waals surface area (Å²) >= 11 is 0. The van der Waals surface area contributed by atoms with Crippen molar-refractivity contribution >= 4 is 10.4 Å². The minimum Gasteiger partial charge on any atom is -0.264 e. The Balaban J connectivity index is 3.97. The summed E-state index contributed by atoms with van der Waals surface area (Å²) in [6.07, 6.45) is 1.89. The van der Waals surface area contributed by atoms with Crippen LogP contribution >= 0.6 is 0 Å². The second-order valence-corrected chi connectivity index (χ2v) is 4.60. The normalized spacial score (nSPS) is 14.8. The van der Waals surface area contributed by atoms with Crippen LogP contribution in [-0.4, -0.2) is 19.6 Å². The predicted octanol–water partition coefficient (Wildman–Crippen LogP) is 1.88. The molecule has 0 heterocycles. The molecule has 1 N–H and O–H groups in total. The molecule has 0 bridgehead atoms. The van der Waals surface area contributed by atoms with Crippen molar-refractivity contribution in [2.24, 2.45) is 11.8 Å². The standard InChI is InChI=1S/C8H18O4S/c1-4-5-8(7(2)3)6-12-13(9,10)11/h7-8H,4-6H2,1-3H3,(H,9,10,11). The van der Waals surface area contributed by atoms with Gasteiger partial charge in [0.1, 0.15) is 0 Å². The van der Waals surface area contributed by atoms with Gasteiger partial charge in [-0.3, -0.25) is 4.55 Å². The van der Waals surface area contributed by atoms with Crippen LogP contribution in [0.4, 0.5) is 0 Å². The molecule has 0 aliphatic rings. The topological polar surface area (TPSA) is 63.6 Å². The van der Waals surface area contributed by atoms with Crippen molar-refractivity contribution in [2.75, 3.05) is 6.61 Å². The van der Waals surface area contributed by atoms with Gasteiger partial charge in [0, 0.05) is 0 Å². The molecular formula is C8H18O4S. The van der Waals surface area contributed by atoms with Gasteiger partial charge in [-0.05, 0) is 18.3 Å². The summed E-state index contributed by atoms with van der Waals surface area (Å²) in [5, 5.41) is 0. The Kier molecular flexibility index (Phi) is 5.51. The van der Waals surface area contributed by atoms with Crippen molar-refractivity contribution in [3.8, 4) is 0 Å². The Bertz CT molecular complexity index is 220. The molecule has 0 radical (unpaired) electrons. The minimum atomic E-state index is -4.27. The molecule has 0 aliphatic carbocycles. The van der Waals surface area contributed by atoms with Gasteiger partial charge in [0.15, 0.2) is 0 Å². The zero-order chi connectivity index (χ0) is 10.5. The lowest BCUT2D eigenvalue weighted by Gasteiger charge is -2.18. The van der Waals surface area contributed by atoms with Crippen molar-refractivity contribution in [1.29, 1.82) is 0 Å². The van der Waals surface area contributed by atoms with E-state index in [4.69, 9.17) is 4.55 Å². The molecule has 0 aromatic heterocycles. The van der Waals surface area contributed by atoms with E-state index in [2.05, 4.69) is 4.18 Å². The van der Waals surface area contributed by atoms with Gasteiger partial charge in [-0.1, -0.05) is 27.2 Å². The molecule has 1 unspecified atom stereocenters. The third-order valence-corrected chi connectivity index (χ3v) is 2.47. The molecule has 5 heteroatoms. The number of hydrogen-bond donors (Lipinski definition) is 1. The van der Waals surface area contributed by atoms with Crippen molar-refractivity contribution in [1.82, 2.24) is 0 Å². The van der Waals surface area contributed by atoms with Crippen molar-refractivity contribution in [3.05, 3.63) is 0 Å². The molecule has 0 spiro atoms. The summed E-state index contributed by atoms with van der Waals surface area (Å²) in [4.78, 5) is 0. The first-order valence-corrected chi connectivity index (χ1v) is 5.85. The van der Waals surface area contributed by atoms with E-state index < -0.39 is 10.4 Å². The van der Waals surface area contributed by atoms with Crippen LogP contribution in [0, 0.1) is 11.8 Å². The van der Waals surface area contributed by atoms with Gasteiger partial charge >= 0.3 is 10.4 Å². The molecule has 0 rings (SSSR count). The van der Waals surface area contributed by atoms with Crippen LogP contribution in [0.2, 0.25) is 0 Å². The zero-order valence-corrected chi connectivity index (χ0v) is 9.17. The highest BCUT2D eigenvalue weighted by Crippen LogP contribution is 2.17. The molecule has 0 fully saturated rings. The molecule has 0 amide bonds. The average Bonchev–Trinajstić information content (AvgIpc) is 1.95. The van der Waals surface area contributed by atoms with E-state index in [9.17, 15) is 8.42 Å². The summed E-state index contributed by atoms with van der Waals surface area (Å²) < 4.78 is 33.3. The first kappa shape index (κ1) is 12.9. The molecule has 0 saturated heterocycles. The lowest BCUT2D eigenvalue weighted by atomic mass is 9.92. The van der Waals surface area contributed by atoms with Crippen molar-refractivity contribution in [2.45, 2.75) is 33.6 Å². The largest absolute Gasteiger partial charge is 0.397 e. The van der Waals surface area contributed by atoms with Crippen molar-refractivity contribution < 1.29 is 17.2 Å². The van der Waals surface area contributed by atoms with Gasteiger partial charge in [0.05, 0.1) is 6.61 Å². The summed E-state index contributed by atoms with van der Waals surface area (Å²) in [5.41, 5.74) is 0. The summed E-state index contributed by atoms with van der Waals surface area (Å²) in [7, 11) is -4.27. The molecule has 1 atom stereocenters. The van der Waals surface area contributed by atoms with E-state index in [1.54, 1.807) is 0 Å². The fourth-order valence-corrected chi connectivity index (χ4v) is 1.50. The molecule has 0 aromatic rings. The maximum Gasteiger partial charge on any atom is 0.397 e. The first-order valence-electron chi connectivity index (χ1n) is 4.48. The predicted molar refractivity (Wildman–Crippen MR) is 50.7 cm³/mol. The maximum atomic E-state index is 10.3. The van der Waals surface area contributed by atoms with Crippen LogP contribution in [-0.2, 0) is 14.6 Å². The molecule has 4 nitrogen and oxygen atoms in total. The molecular weight excluding hydrogens is 192 g/mol. The summed E-state index contributed by atoms with van der Waals surface area (Å²) in [5.74, 6) is 0.550. The third kappa shape index (κ3) is 6.98. The van der Waals surface area contributed by atoms with Gasteiger partial charge in [0.25, 0.3) is 0 Å². The van der Waals surface area contributed by atoms with Crippen LogP contribution in [0.3, 0.4) is 0 Å². The highest BCUT2D eigenvalue weighted by molar-refractivity contribution is 7.80. The third-order valence-electron chi connectivity index (χ3n) is 2.03. The second-order valence-electron chi connectivity index (χ2n) is 3.51. The van der Waals surface area contributed by atoms with E-state index in [1.165, 1.54) is 0 Å². The van der Waals surface area contributed by atoms with Crippen LogP contribution in [0.15, 0.2) is 0 Å². The Morgan fingerprint density at radius 2 is 1.92 bits per heavy atom. The van der Waals surface area contributed by atoms with E-state index in [0.717, 1.165) is 12.8 Å². The van der Waals surface area contributed by atoms with E-state index in [-0.39, 0.29) is 12.5 Å². The van der Waals surface area contributed by atoms with Gasteiger partial charge in [-0.15, -0.1) is 0 Å². The second kappa shape index (κ2) is 5.57. The molecule has 0 aromatic carbocycles. The average molecular weight is 210 g/mol. The van der Waals surface area contributed by atoms with E-state index >= 15 is 0 Å². The highest BCUT2D eigenvalue weighted by Gasteiger charge is 2.15. The zero-order valence-electron chi connectivity index (χ0n) is 8.36. The number of hydrogen-bond acceptors (Lipinski definition) is 3. The fraction of sp³-hybridized carbons (Fsp3) is 1.00. The Hall–Kier alpha value is -0.130. The van der Waals surface area contributed by atoms with Gasteiger partial charge in [0.2, 0.25) is 0 Å². The van der Waals surface area contributed by atoms with Gasteiger partial charge in [-0.25, -0.2) is 4.18 Å².